The number of carbonyl (C=O) groups excluding carboxylic acids is 1. The van der Waals surface area contributed by atoms with Crippen molar-refractivity contribution in [2.75, 3.05) is 6.54 Å². The zero-order valence-electron chi connectivity index (χ0n) is 18.0. The van der Waals surface area contributed by atoms with Gasteiger partial charge in [0.05, 0.1) is 22.9 Å². The highest BCUT2D eigenvalue weighted by molar-refractivity contribution is 7.11. The van der Waals surface area contributed by atoms with Crippen molar-refractivity contribution in [1.29, 1.82) is 0 Å². The summed E-state index contributed by atoms with van der Waals surface area (Å²) in [6.45, 7) is 5.23. The number of aryl methyl sites for hydroxylation is 2. The van der Waals surface area contributed by atoms with Crippen LogP contribution in [0.4, 0.5) is 4.39 Å². The fraction of sp³-hybridized carbons (Fsp3) is 0.240. The van der Waals surface area contributed by atoms with Crippen molar-refractivity contribution in [3.8, 4) is 22.6 Å². The molecular weight excluding hydrogens is 423 g/mol. The Labute approximate surface area is 190 Å². The number of amides is 1. The average molecular weight is 447 g/mol. The van der Waals surface area contributed by atoms with Crippen molar-refractivity contribution >= 4 is 17.2 Å². The molecule has 0 atom stereocenters. The van der Waals surface area contributed by atoms with Gasteiger partial charge in [-0.15, -0.1) is 11.3 Å². The molecule has 0 spiro atoms. The largest absolute Gasteiger partial charge is 0.336 e. The summed E-state index contributed by atoms with van der Waals surface area (Å²) < 4.78 is 15.7. The molecule has 0 N–H and O–H groups in total. The van der Waals surface area contributed by atoms with Gasteiger partial charge in [-0.05, 0) is 37.6 Å². The van der Waals surface area contributed by atoms with E-state index in [4.69, 9.17) is 4.98 Å². The van der Waals surface area contributed by atoms with Crippen LogP contribution in [0.25, 0.3) is 22.6 Å². The lowest BCUT2D eigenvalue weighted by Crippen LogP contribution is -2.37. The van der Waals surface area contributed by atoms with Crippen LogP contribution in [-0.4, -0.2) is 31.9 Å². The second-order valence-electron chi connectivity index (χ2n) is 8.08. The number of fused-ring (bicyclic) bond motifs is 1. The van der Waals surface area contributed by atoms with E-state index < -0.39 is 0 Å². The maximum atomic E-state index is 13.8. The van der Waals surface area contributed by atoms with Crippen LogP contribution in [-0.2, 0) is 24.3 Å². The van der Waals surface area contributed by atoms with Crippen LogP contribution in [0.5, 0.6) is 0 Å². The minimum absolute atomic E-state index is 0.0538. The Hall–Kier alpha value is -3.32. The quantitative estimate of drug-likeness (QED) is 0.443. The number of nitrogens with zero attached hydrogens (tertiary/aromatic N) is 4. The second-order valence-corrected chi connectivity index (χ2v) is 9.36. The van der Waals surface area contributed by atoms with Crippen molar-refractivity contribution in [3.05, 3.63) is 81.7 Å². The molecule has 7 heteroatoms. The molecule has 0 saturated carbocycles. The first-order chi connectivity index (χ1) is 15.5. The number of aromatic nitrogens is 3. The molecule has 0 aliphatic carbocycles. The first-order valence-electron chi connectivity index (χ1n) is 10.6. The van der Waals surface area contributed by atoms with E-state index in [0.717, 1.165) is 39.8 Å². The summed E-state index contributed by atoms with van der Waals surface area (Å²) in [5, 5.41) is 1.05. The number of imidazole rings is 1. The van der Waals surface area contributed by atoms with E-state index in [-0.39, 0.29) is 18.3 Å². The van der Waals surface area contributed by atoms with Gasteiger partial charge in [-0.25, -0.2) is 14.4 Å². The van der Waals surface area contributed by atoms with Crippen LogP contribution in [0.2, 0.25) is 0 Å². The Balaban J connectivity index is 1.46. The lowest BCUT2D eigenvalue weighted by molar-refractivity contribution is -0.132. The molecule has 1 aliphatic rings. The number of hydrogen-bond donors (Lipinski definition) is 0. The normalized spacial score (nSPS) is 13.3. The van der Waals surface area contributed by atoms with Gasteiger partial charge in [-0.3, -0.25) is 4.79 Å². The van der Waals surface area contributed by atoms with Gasteiger partial charge < -0.3 is 9.47 Å². The molecule has 0 saturated heterocycles. The van der Waals surface area contributed by atoms with E-state index in [0.29, 0.717) is 18.7 Å². The summed E-state index contributed by atoms with van der Waals surface area (Å²) in [5.41, 5.74) is 4.18. The van der Waals surface area contributed by atoms with Crippen LogP contribution < -0.4 is 0 Å². The van der Waals surface area contributed by atoms with E-state index in [1.807, 2.05) is 52.9 Å². The first kappa shape index (κ1) is 20.6. The van der Waals surface area contributed by atoms with Crippen LogP contribution >= 0.6 is 11.3 Å². The zero-order valence-corrected chi connectivity index (χ0v) is 18.8. The Bertz CT molecular complexity index is 1290. The Morgan fingerprint density at radius 2 is 1.91 bits per heavy atom. The molecule has 2 aromatic heterocycles. The number of benzene rings is 2. The van der Waals surface area contributed by atoms with Gasteiger partial charge in [0.25, 0.3) is 0 Å². The number of hydrogen-bond acceptors (Lipinski definition) is 4. The molecule has 3 heterocycles. The molecule has 5 rings (SSSR count). The van der Waals surface area contributed by atoms with E-state index >= 15 is 0 Å². The number of carbonyl (C=O) groups is 1. The monoisotopic (exact) mass is 446 g/mol. The van der Waals surface area contributed by atoms with Crippen LogP contribution in [0.15, 0.2) is 54.7 Å². The molecule has 162 valence electrons. The minimum atomic E-state index is -0.241. The van der Waals surface area contributed by atoms with Gasteiger partial charge in [0, 0.05) is 35.2 Å². The fourth-order valence-electron chi connectivity index (χ4n) is 4.08. The average Bonchev–Trinajstić information content (AvgIpc) is 3.38. The van der Waals surface area contributed by atoms with Crippen LogP contribution in [0.1, 0.15) is 21.1 Å². The predicted molar refractivity (Wildman–Crippen MR) is 124 cm³/mol. The molecule has 1 aliphatic heterocycles. The Kier molecular flexibility index (Phi) is 5.35. The SMILES string of the molecule is Cc1nc2c(s1)CN(C(=O)Cn1cc(-c3ccc(F)c(C)c3)nc1-c1ccccc1)CC2. The highest BCUT2D eigenvalue weighted by Gasteiger charge is 2.24. The van der Waals surface area contributed by atoms with E-state index in [2.05, 4.69) is 4.98 Å². The third kappa shape index (κ3) is 3.96. The molecule has 1 amide bonds. The summed E-state index contributed by atoms with van der Waals surface area (Å²) >= 11 is 1.67. The summed E-state index contributed by atoms with van der Waals surface area (Å²) in [4.78, 5) is 25.7. The summed E-state index contributed by atoms with van der Waals surface area (Å²) in [5.74, 6) is 0.537. The lowest BCUT2D eigenvalue weighted by Gasteiger charge is -2.26. The molecule has 0 fully saturated rings. The minimum Gasteiger partial charge on any atom is -0.336 e. The van der Waals surface area contributed by atoms with Gasteiger partial charge in [0.2, 0.25) is 5.91 Å². The van der Waals surface area contributed by atoms with Crippen molar-refractivity contribution in [3.63, 3.8) is 0 Å². The second kappa shape index (κ2) is 8.31. The molecule has 5 nitrogen and oxygen atoms in total. The number of rotatable bonds is 4. The standard InChI is InChI=1S/C25H23FN4OS/c1-16-12-19(8-9-20(16)26)22-13-30(25(28-22)18-6-4-3-5-7-18)15-24(31)29-11-10-21-23(14-29)32-17(2)27-21/h3-9,12-13H,10-11,14-15H2,1-2H3. The predicted octanol–water partition coefficient (Wildman–Crippen LogP) is 5.01. The number of halogens is 1. The third-order valence-corrected chi connectivity index (χ3v) is 6.76. The third-order valence-electron chi connectivity index (χ3n) is 5.76. The summed E-state index contributed by atoms with van der Waals surface area (Å²) in [6, 6.07) is 14.8. The molecule has 0 radical (unpaired) electrons. The first-order valence-corrected chi connectivity index (χ1v) is 11.4. The van der Waals surface area contributed by atoms with Crippen LogP contribution in [0, 0.1) is 19.7 Å². The molecule has 32 heavy (non-hydrogen) atoms. The highest BCUT2D eigenvalue weighted by atomic mass is 32.1. The highest BCUT2D eigenvalue weighted by Crippen LogP contribution is 2.28. The van der Waals surface area contributed by atoms with Crippen molar-refractivity contribution in [1.82, 2.24) is 19.4 Å². The van der Waals surface area contributed by atoms with Gasteiger partial charge in [0.15, 0.2) is 0 Å². The van der Waals surface area contributed by atoms with Crippen molar-refractivity contribution in [2.24, 2.45) is 0 Å². The molecule has 0 bridgehead atoms. The molecule has 4 aromatic rings. The van der Waals surface area contributed by atoms with Crippen molar-refractivity contribution in [2.45, 2.75) is 33.4 Å². The number of thiazole rings is 1. The Morgan fingerprint density at radius 1 is 1.09 bits per heavy atom. The van der Waals surface area contributed by atoms with Gasteiger partial charge in [0.1, 0.15) is 18.2 Å². The van der Waals surface area contributed by atoms with Crippen LogP contribution in [0.3, 0.4) is 0 Å². The summed E-state index contributed by atoms with van der Waals surface area (Å²) in [6.07, 6.45) is 2.68. The summed E-state index contributed by atoms with van der Waals surface area (Å²) in [7, 11) is 0. The molecule has 2 aromatic carbocycles. The van der Waals surface area contributed by atoms with E-state index in [9.17, 15) is 9.18 Å². The van der Waals surface area contributed by atoms with Gasteiger partial charge in [-0.1, -0.05) is 30.3 Å². The molecular formula is C25H23FN4OS. The van der Waals surface area contributed by atoms with Gasteiger partial charge in [-0.2, -0.15) is 0 Å². The zero-order chi connectivity index (χ0) is 22.2. The fourth-order valence-corrected chi connectivity index (χ4v) is 5.08. The maximum Gasteiger partial charge on any atom is 0.242 e. The van der Waals surface area contributed by atoms with Gasteiger partial charge >= 0.3 is 0 Å². The van der Waals surface area contributed by atoms with Crippen molar-refractivity contribution < 1.29 is 9.18 Å². The lowest BCUT2D eigenvalue weighted by atomic mass is 10.1. The van der Waals surface area contributed by atoms with E-state index in [1.54, 1.807) is 30.4 Å². The Morgan fingerprint density at radius 3 is 2.69 bits per heavy atom. The maximum absolute atomic E-state index is 13.8. The smallest absolute Gasteiger partial charge is 0.242 e. The van der Waals surface area contributed by atoms with E-state index in [1.165, 1.54) is 10.9 Å². The molecule has 0 unspecified atom stereocenters. The topological polar surface area (TPSA) is 51.0 Å².